The number of nitrogens with one attached hydrogen (secondary N) is 2. The van der Waals surface area contributed by atoms with E-state index in [0.717, 1.165) is 4.90 Å². The molecule has 3 aromatic rings. The van der Waals surface area contributed by atoms with Crippen LogP contribution in [-0.2, 0) is 14.4 Å². The molecule has 4 N–H and O–H groups in total. The molecule has 1 unspecified atom stereocenters. The predicted octanol–water partition coefficient (Wildman–Crippen LogP) is 3.10. The number of carbonyl (C=O) groups is 5. The first-order chi connectivity index (χ1) is 18.8. The zero-order valence-electron chi connectivity index (χ0n) is 20.4. The van der Waals surface area contributed by atoms with Gasteiger partial charge >= 0.3 is 0 Å². The molecule has 3 aromatic carbocycles. The van der Waals surface area contributed by atoms with Crippen LogP contribution in [0.5, 0.6) is 5.75 Å². The lowest BCUT2D eigenvalue weighted by molar-refractivity contribution is -0.136. The number of fused-ring (bicyclic) bond motifs is 1. The van der Waals surface area contributed by atoms with E-state index < -0.39 is 42.2 Å². The second kappa shape index (κ2) is 10.5. The zero-order chi connectivity index (χ0) is 27.5. The van der Waals surface area contributed by atoms with Crippen LogP contribution < -0.4 is 21.1 Å². The highest BCUT2D eigenvalue weighted by atomic mass is 16.5. The van der Waals surface area contributed by atoms with Gasteiger partial charge in [-0.1, -0.05) is 6.07 Å². The van der Waals surface area contributed by atoms with Crippen molar-refractivity contribution in [3.05, 3.63) is 77.9 Å². The molecule has 1 saturated heterocycles. The van der Waals surface area contributed by atoms with E-state index in [1.165, 1.54) is 18.2 Å². The maximum absolute atomic E-state index is 13.1. The van der Waals surface area contributed by atoms with E-state index in [1.807, 2.05) is 0 Å². The Morgan fingerprint density at radius 1 is 0.949 bits per heavy atom. The van der Waals surface area contributed by atoms with Gasteiger partial charge in [0.25, 0.3) is 17.7 Å². The second-order valence-corrected chi connectivity index (χ2v) is 8.80. The number of benzene rings is 3. The highest BCUT2D eigenvalue weighted by Crippen LogP contribution is 2.33. The van der Waals surface area contributed by atoms with Crippen LogP contribution in [0.25, 0.3) is 0 Å². The Balaban J connectivity index is 1.21. The third-order valence-corrected chi connectivity index (χ3v) is 6.11. The summed E-state index contributed by atoms with van der Waals surface area (Å²) in [5.41, 5.74) is 8.02. The predicted molar refractivity (Wildman–Crippen MR) is 139 cm³/mol. The van der Waals surface area contributed by atoms with E-state index >= 15 is 0 Å². The van der Waals surface area contributed by atoms with E-state index in [9.17, 15) is 24.0 Å². The molecule has 12 heteroatoms. The summed E-state index contributed by atoms with van der Waals surface area (Å²) in [7, 11) is 0. The third kappa shape index (κ3) is 5.34. The molecular weight excluding hydrogens is 504 g/mol. The molecule has 1 atom stereocenters. The number of nitrogen functional groups attached to an aromatic ring is 1. The molecular formula is C27H22N6O6. The Morgan fingerprint density at radius 3 is 2.28 bits per heavy atom. The van der Waals surface area contributed by atoms with E-state index in [-0.39, 0.29) is 29.7 Å². The zero-order valence-corrected chi connectivity index (χ0v) is 20.4. The van der Waals surface area contributed by atoms with Crippen molar-refractivity contribution in [2.45, 2.75) is 18.9 Å². The lowest BCUT2D eigenvalue weighted by Crippen LogP contribution is -2.54. The van der Waals surface area contributed by atoms with Gasteiger partial charge in [0.1, 0.15) is 11.8 Å². The Morgan fingerprint density at radius 2 is 1.62 bits per heavy atom. The Kier molecular flexibility index (Phi) is 6.83. The highest BCUT2D eigenvalue weighted by molar-refractivity contribution is 6.24. The summed E-state index contributed by atoms with van der Waals surface area (Å²) in [5, 5.41) is 13.1. The van der Waals surface area contributed by atoms with Crippen molar-refractivity contribution in [2.24, 2.45) is 10.2 Å². The van der Waals surface area contributed by atoms with Gasteiger partial charge in [-0.3, -0.25) is 34.2 Å². The number of nitrogens with two attached hydrogens (primary N) is 1. The van der Waals surface area contributed by atoms with Gasteiger partial charge in [-0.05, 0) is 67.1 Å². The number of rotatable bonds is 7. The van der Waals surface area contributed by atoms with Crippen LogP contribution in [0, 0.1) is 0 Å². The second-order valence-electron chi connectivity index (χ2n) is 8.80. The average Bonchev–Trinajstić information content (AvgIpc) is 3.18. The maximum atomic E-state index is 13.1. The summed E-state index contributed by atoms with van der Waals surface area (Å²) in [5.74, 6) is -3.01. The smallest absolute Gasteiger partial charge is 0.266 e. The molecule has 5 amide bonds. The van der Waals surface area contributed by atoms with Crippen molar-refractivity contribution in [1.29, 1.82) is 0 Å². The minimum atomic E-state index is -1.10. The Hall–Kier alpha value is -5.39. The third-order valence-electron chi connectivity index (χ3n) is 6.11. The monoisotopic (exact) mass is 526 g/mol. The van der Waals surface area contributed by atoms with Crippen LogP contribution in [-0.4, -0.2) is 47.1 Å². The highest BCUT2D eigenvalue weighted by Gasteiger charge is 2.46. The van der Waals surface area contributed by atoms with E-state index in [2.05, 4.69) is 20.9 Å². The first-order valence-corrected chi connectivity index (χ1v) is 11.9. The first kappa shape index (κ1) is 25.3. The largest absolute Gasteiger partial charge is 0.483 e. The maximum Gasteiger partial charge on any atom is 0.266 e. The van der Waals surface area contributed by atoms with Crippen LogP contribution in [0.3, 0.4) is 0 Å². The number of ether oxygens (including phenoxy) is 1. The van der Waals surface area contributed by atoms with Crippen molar-refractivity contribution < 1.29 is 28.7 Å². The molecule has 5 rings (SSSR count). The van der Waals surface area contributed by atoms with Gasteiger partial charge in [0.05, 0.1) is 22.5 Å². The molecule has 0 spiro atoms. The lowest BCUT2D eigenvalue weighted by Gasteiger charge is -2.27. The standard InChI is InChI=1S/C27H22N6O6/c28-15-4-6-17(7-5-15)31-32-18-10-8-16(9-11-18)29-23(35)14-39-21-3-1-2-19-24(21)27(38)33(26(19)37)20-12-13-22(34)30-25(20)36/h1-11,20H,12-14,28H2,(H,29,35)(H,30,34,36)/b32-31+. The summed E-state index contributed by atoms with van der Waals surface area (Å²) in [6.07, 6.45) is 0.0516. The fourth-order valence-electron chi connectivity index (χ4n) is 4.21. The number of carbonyl (C=O) groups excluding carboxylic acids is 5. The molecule has 1 fully saturated rings. The van der Waals surface area contributed by atoms with Crippen molar-refractivity contribution >= 4 is 52.3 Å². The minimum Gasteiger partial charge on any atom is -0.483 e. The molecule has 0 saturated carbocycles. The summed E-state index contributed by atoms with van der Waals surface area (Å²) in [6, 6.07) is 16.9. The number of nitrogens with zero attached hydrogens (tertiary/aromatic N) is 3. The van der Waals surface area contributed by atoms with E-state index in [1.54, 1.807) is 48.5 Å². The molecule has 0 aliphatic carbocycles. The molecule has 2 aliphatic heterocycles. The van der Waals surface area contributed by atoms with E-state index in [4.69, 9.17) is 10.5 Å². The van der Waals surface area contributed by atoms with Gasteiger partial charge in [-0.2, -0.15) is 10.2 Å². The van der Waals surface area contributed by atoms with Crippen molar-refractivity contribution in [1.82, 2.24) is 10.2 Å². The first-order valence-electron chi connectivity index (χ1n) is 11.9. The molecule has 0 aromatic heterocycles. The van der Waals surface area contributed by atoms with Crippen molar-refractivity contribution in [3.8, 4) is 5.75 Å². The quantitative estimate of drug-likeness (QED) is 0.241. The van der Waals surface area contributed by atoms with Gasteiger partial charge in [0.2, 0.25) is 11.8 Å². The summed E-state index contributed by atoms with van der Waals surface area (Å²) in [6.45, 7) is -0.436. The molecule has 39 heavy (non-hydrogen) atoms. The van der Waals surface area contributed by atoms with Gasteiger partial charge in [-0.15, -0.1) is 0 Å². The fraction of sp³-hybridized carbons (Fsp3) is 0.148. The molecule has 196 valence electrons. The van der Waals surface area contributed by atoms with Gasteiger partial charge < -0.3 is 15.8 Å². The van der Waals surface area contributed by atoms with Crippen LogP contribution in [0.4, 0.5) is 22.7 Å². The summed E-state index contributed by atoms with van der Waals surface area (Å²) < 4.78 is 5.59. The average molecular weight is 527 g/mol. The van der Waals surface area contributed by atoms with Crippen LogP contribution in [0.1, 0.15) is 33.6 Å². The molecule has 0 radical (unpaired) electrons. The molecule has 2 heterocycles. The van der Waals surface area contributed by atoms with Crippen LogP contribution in [0.15, 0.2) is 77.0 Å². The Bertz CT molecular complexity index is 1520. The minimum absolute atomic E-state index is 0.0137. The lowest BCUT2D eigenvalue weighted by atomic mass is 10.0. The molecule has 2 aliphatic rings. The van der Waals surface area contributed by atoms with Crippen LogP contribution >= 0.6 is 0 Å². The number of amides is 5. The number of imide groups is 2. The number of piperidine rings is 1. The summed E-state index contributed by atoms with van der Waals surface area (Å²) >= 11 is 0. The number of anilines is 2. The Labute approximate surface area is 221 Å². The van der Waals surface area contributed by atoms with Crippen molar-refractivity contribution in [3.63, 3.8) is 0 Å². The SMILES string of the molecule is Nc1ccc(/N=N/c2ccc(NC(=O)COc3cccc4c3C(=O)N(C3CCC(=O)NC3=O)C4=O)cc2)cc1. The molecule has 12 nitrogen and oxygen atoms in total. The normalized spacial score (nSPS) is 16.8. The van der Waals surface area contributed by atoms with Crippen LogP contribution in [0.2, 0.25) is 0 Å². The van der Waals surface area contributed by atoms with Gasteiger partial charge in [0, 0.05) is 17.8 Å². The fourth-order valence-corrected chi connectivity index (χ4v) is 4.21. The number of hydrogen-bond acceptors (Lipinski definition) is 9. The molecule has 0 bridgehead atoms. The van der Waals surface area contributed by atoms with Gasteiger partial charge in [-0.25, -0.2) is 0 Å². The van der Waals surface area contributed by atoms with E-state index in [0.29, 0.717) is 22.7 Å². The topological polar surface area (TPSA) is 173 Å². The van der Waals surface area contributed by atoms with Gasteiger partial charge in [0.15, 0.2) is 6.61 Å². The summed E-state index contributed by atoms with van der Waals surface area (Å²) in [4.78, 5) is 63.1. The van der Waals surface area contributed by atoms with Crippen molar-refractivity contribution in [2.75, 3.05) is 17.7 Å². The number of azo groups is 1. The number of hydrogen-bond donors (Lipinski definition) is 3.